The molecule has 3 rings (SSSR count). The number of aromatic nitrogens is 3. The number of hydrogen-bond donors (Lipinski definition) is 1. The molecule has 0 radical (unpaired) electrons. The van der Waals surface area contributed by atoms with Crippen molar-refractivity contribution < 1.29 is 0 Å². The van der Waals surface area contributed by atoms with E-state index in [9.17, 15) is 4.79 Å². The second kappa shape index (κ2) is 7.40. The van der Waals surface area contributed by atoms with Gasteiger partial charge in [-0.3, -0.25) is 14.3 Å². The zero-order valence-corrected chi connectivity index (χ0v) is 14.8. The van der Waals surface area contributed by atoms with Gasteiger partial charge in [0.15, 0.2) is 0 Å². The summed E-state index contributed by atoms with van der Waals surface area (Å²) in [5.41, 5.74) is 2.65. The van der Waals surface area contributed by atoms with E-state index in [0.29, 0.717) is 18.2 Å². The zero-order chi connectivity index (χ0) is 16.9. The fraction of sp³-hybridized carbons (Fsp3) is 0.167. The van der Waals surface area contributed by atoms with Gasteiger partial charge in [0.05, 0.1) is 5.69 Å². The van der Waals surface area contributed by atoms with Gasteiger partial charge in [0.1, 0.15) is 0 Å². The molecular weight excluding hydrogens is 368 g/mol. The Hall–Kier alpha value is -2.47. The number of anilines is 1. The Bertz CT molecular complexity index is 876. The molecule has 0 saturated heterocycles. The third-order valence-corrected chi connectivity index (χ3v) is 4.25. The lowest BCUT2D eigenvalue weighted by molar-refractivity contribution is 0.819. The molecule has 0 bridgehead atoms. The molecule has 6 heteroatoms. The van der Waals surface area contributed by atoms with Gasteiger partial charge in [0.2, 0.25) is 5.95 Å². The van der Waals surface area contributed by atoms with Crippen LogP contribution in [0.2, 0.25) is 0 Å². The maximum atomic E-state index is 12.2. The zero-order valence-electron chi connectivity index (χ0n) is 13.2. The van der Waals surface area contributed by atoms with Crippen molar-refractivity contribution in [2.45, 2.75) is 6.42 Å². The van der Waals surface area contributed by atoms with Crippen LogP contribution >= 0.6 is 15.9 Å². The van der Waals surface area contributed by atoms with Gasteiger partial charge in [-0.25, -0.2) is 4.98 Å². The number of hydrogen-bond acceptors (Lipinski definition) is 4. The van der Waals surface area contributed by atoms with Crippen LogP contribution in [0.3, 0.4) is 0 Å². The molecule has 0 aliphatic heterocycles. The Balaban J connectivity index is 1.76. The average Bonchev–Trinajstić information content (AvgIpc) is 2.61. The summed E-state index contributed by atoms with van der Waals surface area (Å²) in [5, 5.41) is 3.25. The van der Waals surface area contributed by atoms with E-state index in [0.717, 1.165) is 16.5 Å². The standard InChI is InChI=1S/C18H17BrN4O/c1-23-17(24)12-16(14-7-9-20-10-8-14)22-18(23)21-11-6-13-2-4-15(19)5-3-13/h2-5,7-10,12H,6,11H2,1H3,(H,21,22). The number of pyridine rings is 1. The smallest absolute Gasteiger partial charge is 0.255 e. The van der Waals surface area contributed by atoms with E-state index < -0.39 is 0 Å². The molecule has 0 fully saturated rings. The van der Waals surface area contributed by atoms with Crippen LogP contribution in [0.4, 0.5) is 5.95 Å². The minimum Gasteiger partial charge on any atom is -0.355 e. The highest BCUT2D eigenvalue weighted by Gasteiger charge is 2.07. The minimum absolute atomic E-state index is 0.0945. The number of benzene rings is 1. The average molecular weight is 385 g/mol. The topological polar surface area (TPSA) is 59.8 Å². The summed E-state index contributed by atoms with van der Waals surface area (Å²) in [6, 6.07) is 13.4. The summed E-state index contributed by atoms with van der Waals surface area (Å²) in [6.07, 6.45) is 4.23. The summed E-state index contributed by atoms with van der Waals surface area (Å²) in [6.45, 7) is 0.696. The van der Waals surface area contributed by atoms with Crippen molar-refractivity contribution in [2.24, 2.45) is 7.05 Å². The number of rotatable bonds is 5. The molecule has 2 heterocycles. The van der Waals surface area contributed by atoms with E-state index in [-0.39, 0.29) is 5.56 Å². The molecule has 0 amide bonds. The summed E-state index contributed by atoms with van der Waals surface area (Å²) in [4.78, 5) is 20.7. The molecule has 2 aromatic heterocycles. The fourth-order valence-corrected chi connectivity index (χ4v) is 2.60. The molecule has 1 N–H and O–H groups in total. The quantitative estimate of drug-likeness (QED) is 0.733. The predicted molar refractivity (Wildman–Crippen MR) is 99.0 cm³/mol. The molecule has 0 aliphatic rings. The van der Waals surface area contributed by atoms with Gasteiger partial charge in [-0.15, -0.1) is 0 Å². The second-order valence-electron chi connectivity index (χ2n) is 5.40. The van der Waals surface area contributed by atoms with Gasteiger partial charge in [-0.1, -0.05) is 28.1 Å². The summed E-state index contributed by atoms with van der Waals surface area (Å²) in [5.74, 6) is 0.562. The molecule has 0 unspecified atom stereocenters. The Morgan fingerprint density at radius 1 is 1.12 bits per heavy atom. The van der Waals surface area contributed by atoms with E-state index in [1.807, 2.05) is 24.3 Å². The molecule has 3 aromatic rings. The van der Waals surface area contributed by atoms with E-state index in [1.54, 1.807) is 19.4 Å². The first-order valence-electron chi connectivity index (χ1n) is 7.60. The van der Waals surface area contributed by atoms with E-state index in [4.69, 9.17) is 0 Å². The highest BCUT2D eigenvalue weighted by molar-refractivity contribution is 9.10. The van der Waals surface area contributed by atoms with Crippen LogP contribution in [-0.2, 0) is 13.5 Å². The van der Waals surface area contributed by atoms with Crippen molar-refractivity contribution in [2.75, 3.05) is 11.9 Å². The van der Waals surface area contributed by atoms with Crippen LogP contribution in [0.25, 0.3) is 11.3 Å². The monoisotopic (exact) mass is 384 g/mol. The molecule has 0 saturated carbocycles. The Labute approximate surface area is 148 Å². The molecule has 122 valence electrons. The third kappa shape index (κ3) is 3.89. The van der Waals surface area contributed by atoms with Crippen molar-refractivity contribution >= 4 is 21.9 Å². The molecule has 0 spiro atoms. The van der Waals surface area contributed by atoms with E-state index >= 15 is 0 Å². The molecule has 0 atom stereocenters. The van der Waals surface area contributed by atoms with Gasteiger partial charge in [-0.05, 0) is 36.2 Å². The largest absolute Gasteiger partial charge is 0.355 e. The van der Waals surface area contributed by atoms with Crippen LogP contribution in [0.1, 0.15) is 5.56 Å². The van der Waals surface area contributed by atoms with Crippen molar-refractivity contribution in [3.63, 3.8) is 0 Å². The Kier molecular flexibility index (Phi) is 5.05. The molecule has 24 heavy (non-hydrogen) atoms. The van der Waals surface area contributed by atoms with Crippen LogP contribution < -0.4 is 10.9 Å². The molecule has 5 nitrogen and oxygen atoms in total. The van der Waals surface area contributed by atoms with Crippen LogP contribution in [-0.4, -0.2) is 21.1 Å². The minimum atomic E-state index is -0.0945. The summed E-state index contributed by atoms with van der Waals surface area (Å²) < 4.78 is 2.58. The van der Waals surface area contributed by atoms with Gasteiger partial charge in [-0.2, -0.15) is 0 Å². The van der Waals surface area contributed by atoms with Gasteiger partial charge < -0.3 is 5.32 Å². The van der Waals surface area contributed by atoms with E-state index in [2.05, 4.69) is 43.3 Å². The van der Waals surface area contributed by atoms with Crippen molar-refractivity contribution in [1.29, 1.82) is 0 Å². The number of halogens is 1. The molecular formula is C18H17BrN4O. The Morgan fingerprint density at radius 3 is 2.54 bits per heavy atom. The highest BCUT2D eigenvalue weighted by atomic mass is 79.9. The van der Waals surface area contributed by atoms with Gasteiger partial charge >= 0.3 is 0 Å². The highest BCUT2D eigenvalue weighted by Crippen LogP contribution is 2.16. The van der Waals surface area contributed by atoms with Gasteiger partial charge in [0.25, 0.3) is 5.56 Å². The lowest BCUT2D eigenvalue weighted by Crippen LogP contribution is -2.22. The van der Waals surface area contributed by atoms with Crippen LogP contribution in [0.15, 0.2) is 64.1 Å². The summed E-state index contributed by atoms with van der Waals surface area (Å²) in [7, 11) is 1.72. The second-order valence-corrected chi connectivity index (χ2v) is 6.32. The fourth-order valence-electron chi connectivity index (χ4n) is 2.34. The van der Waals surface area contributed by atoms with E-state index in [1.165, 1.54) is 16.2 Å². The molecule has 0 aliphatic carbocycles. The lowest BCUT2D eigenvalue weighted by Gasteiger charge is -2.11. The van der Waals surface area contributed by atoms with Crippen molar-refractivity contribution in [1.82, 2.24) is 14.5 Å². The van der Waals surface area contributed by atoms with Crippen LogP contribution in [0, 0.1) is 0 Å². The van der Waals surface area contributed by atoms with Crippen molar-refractivity contribution in [3.05, 3.63) is 75.2 Å². The SMILES string of the molecule is Cn1c(NCCc2ccc(Br)cc2)nc(-c2ccncc2)cc1=O. The predicted octanol–water partition coefficient (Wildman–Crippen LogP) is 3.26. The maximum absolute atomic E-state index is 12.2. The molecule has 1 aromatic carbocycles. The maximum Gasteiger partial charge on any atom is 0.255 e. The van der Waals surface area contributed by atoms with Crippen LogP contribution in [0.5, 0.6) is 0 Å². The number of nitrogens with zero attached hydrogens (tertiary/aromatic N) is 3. The normalized spacial score (nSPS) is 10.6. The summed E-state index contributed by atoms with van der Waals surface area (Å²) >= 11 is 3.43. The third-order valence-electron chi connectivity index (χ3n) is 3.72. The first-order valence-corrected chi connectivity index (χ1v) is 8.39. The van der Waals surface area contributed by atoms with Crippen molar-refractivity contribution in [3.8, 4) is 11.3 Å². The number of nitrogens with one attached hydrogen (secondary N) is 1. The first-order chi connectivity index (χ1) is 11.6. The first kappa shape index (κ1) is 16.4. The van der Waals surface area contributed by atoms with Gasteiger partial charge in [0, 0.05) is 42.1 Å². The lowest BCUT2D eigenvalue weighted by atomic mass is 10.1. The Morgan fingerprint density at radius 2 is 1.83 bits per heavy atom.